The van der Waals surface area contributed by atoms with Gasteiger partial charge >= 0.3 is 0 Å². The highest BCUT2D eigenvalue weighted by Crippen LogP contribution is 2.38. The van der Waals surface area contributed by atoms with E-state index in [4.69, 9.17) is 9.97 Å². The maximum absolute atomic E-state index is 14.1. The molecule has 0 saturated carbocycles. The van der Waals surface area contributed by atoms with E-state index in [0.29, 0.717) is 5.95 Å². The lowest BCUT2D eigenvalue weighted by atomic mass is 10.0. The van der Waals surface area contributed by atoms with E-state index < -0.39 is 0 Å². The molecule has 0 N–H and O–H groups in total. The van der Waals surface area contributed by atoms with Gasteiger partial charge in [0.1, 0.15) is 5.82 Å². The Morgan fingerprint density at radius 1 is 0.345 bits per heavy atom. The van der Waals surface area contributed by atoms with Crippen molar-refractivity contribution < 1.29 is 4.39 Å². The lowest BCUT2D eigenvalue weighted by Crippen LogP contribution is -2.04. The number of halogens is 1. The van der Waals surface area contributed by atoms with Gasteiger partial charge < -0.3 is 4.57 Å². The lowest BCUT2D eigenvalue weighted by molar-refractivity contribution is 0.630. The number of hydrogen-bond donors (Lipinski definition) is 0. The molecule has 11 aromatic rings. The first-order valence-electron chi connectivity index (χ1n) is 18.4. The number of aromatic nitrogens is 4. The molecule has 55 heavy (non-hydrogen) atoms. The molecule has 258 valence electrons. The number of para-hydroxylation sites is 3. The van der Waals surface area contributed by atoms with Gasteiger partial charge in [-0.05, 0) is 88.6 Å². The zero-order valence-corrected chi connectivity index (χ0v) is 29.6. The molecule has 0 fully saturated rings. The minimum Gasteiger partial charge on any atom is -0.309 e. The van der Waals surface area contributed by atoms with Crippen LogP contribution in [0.3, 0.4) is 0 Å². The molecule has 0 atom stereocenters. The average molecular weight is 707 g/mol. The zero-order chi connectivity index (χ0) is 36.5. The van der Waals surface area contributed by atoms with Gasteiger partial charge in [0.2, 0.25) is 5.95 Å². The standard InChI is InChI=1S/C50H31FN4/c51-38-24-21-33-27-37(20-19-34(33)28-38)45-31-44(32-11-3-1-4-12-32)52-50(53-45)55-47-18-10-7-15-40(47)42-25-22-36(30-49(42)55)35-23-26-48-43(29-35)41-16-8-9-17-46(41)54(48)39-13-5-2-6-14-39/h1-31H. The molecule has 0 radical (unpaired) electrons. The van der Waals surface area contributed by atoms with Gasteiger partial charge in [-0.1, -0.05) is 121 Å². The van der Waals surface area contributed by atoms with Crippen LogP contribution in [-0.4, -0.2) is 19.1 Å². The van der Waals surface area contributed by atoms with E-state index in [0.717, 1.165) is 71.9 Å². The van der Waals surface area contributed by atoms with E-state index in [9.17, 15) is 4.39 Å². The summed E-state index contributed by atoms with van der Waals surface area (Å²) >= 11 is 0. The third-order valence-electron chi connectivity index (χ3n) is 10.8. The van der Waals surface area contributed by atoms with E-state index in [2.05, 4.69) is 143 Å². The highest BCUT2D eigenvalue weighted by molar-refractivity contribution is 6.12. The summed E-state index contributed by atoms with van der Waals surface area (Å²) < 4.78 is 18.6. The molecule has 0 aliphatic carbocycles. The molecule has 0 aliphatic heterocycles. The predicted molar refractivity (Wildman–Crippen MR) is 224 cm³/mol. The minimum absolute atomic E-state index is 0.250. The van der Waals surface area contributed by atoms with Crippen LogP contribution in [0, 0.1) is 5.82 Å². The van der Waals surface area contributed by atoms with Gasteiger partial charge in [0.15, 0.2) is 0 Å². The molecule has 3 heterocycles. The zero-order valence-electron chi connectivity index (χ0n) is 29.6. The van der Waals surface area contributed by atoms with E-state index >= 15 is 0 Å². The number of fused-ring (bicyclic) bond motifs is 7. The summed E-state index contributed by atoms with van der Waals surface area (Å²) in [6, 6.07) is 64.4. The van der Waals surface area contributed by atoms with Crippen LogP contribution in [-0.2, 0) is 0 Å². The van der Waals surface area contributed by atoms with Crippen molar-refractivity contribution in [2.75, 3.05) is 0 Å². The Hall–Kier alpha value is -7.37. The quantitative estimate of drug-likeness (QED) is 0.179. The van der Waals surface area contributed by atoms with Crippen molar-refractivity contribution in [1.29, 1.82) is 0 Å². The highest BCUT2D eigenvalue weighted by Gasteiger charge is 2.19. The predicted octanol–water partition coefficient (Wildman–Crippen LogP) is 13.0. The van der Waals surface area contributed by atoms with Crippen LogP contribution in [0.25, 0.3) is 99.7 Å². The van der Waals surface area contributed by atoms with Gasteiger partial charge in [-0.3, -0.25) is 4.57 Å². The van der Waals surface area contributed by atoms with Gasteiger partial charge in [0.25, 0.3) is 0 Å². The Morgan fingerprint density at radius 3 is 1.71 bits per heavy atom. The van der Waals surface area contributed by atoms with Crippen LogP contribution >= 0.6 is 0 Å². The van der Waals surface area contributed by atoms with Crippen LogP contribution in [0.4, 0.5) is 4.39 Å². The number of hydrogen-bond acceptors (Lipinski definition) is 2. The van der Waals surface area contributed by atoms with Gasteiger partial charge in [0, 0.05) is 38.4 Å². The Labute approximate surface area is 316 Å². The van der Waals surface area contributed by atoms with Crippen molar-refractivity contribution in [1.82, 2.24) is 19.1 Å². The van der Waals surface area contributed by atoms with E-state index in [1.165, 1.54) is 27.9 Å². The second-order valence-electron chi connectivity index (χ2n) is 14.0. The normalized spacial score (nSPS) is 11.7. The first-order chi connectivity index (χ1) is 27.2. The third kappa shape index (κ3) is 5.12. The van der Waals surface area contributed by atoms with Crippen LogP contribution in [0.1, 0.15) is 0 Å². The molecular formula is C50H31FN4. The summed E-state index contributed by atoms with van der Waals surface area (Å²) in [7, 11) is 0. The monoisotopic (exact) mass is 706 g/mol. The van der Waals surface area contributed by atoms with Crippen molar-refractivity contribution in [2.45, 2.75) is 0 Å². The fourth-order valence-electron chi connectivity index (χ4n) is 8.19. The van der Waals surface area contributed by atoms with Gasteiger partial charge in [-0.25, -0.2) is 14.4 Å². The summed E-state index contributed by atoms with van der Waals surface area (Å²) in [4.78, 5) is 10.5. The van der Waals surface area contributed by atoms with Gasteiger partial charge in [-0.2, -0.15) is 0 Å². The van der Waals surface area contributed by atoms with Crippen molar-refractivity contribution in [3.63, 3.8) is 0 Å². The number of rotatable bonds is 5. The van der Waals surface area contributed by atoms with Crippen LogP contribution in [0.5, 0.6) is 0 Å². The van der Waals surface area contributed by atoms with Crippen molar-refractivity contribution in [2.24, 2.45) is 0 Å². The third-order valence-corrected chi connectivity index (χ3v) is 10.8. The molecule has 0 bridgehead atoms. The average Bonchev–Trinajstić information content (AvgIpc) is 3.76. The number of benzene rings is 8. The Bertz CT molecular complexity index is 3270. The highest BCUT2D eigenvalue weighted by atomic mass is 19.1. The molecule has 5 heteroatoms. The summed E-state index contributed by atoms with van der Waals surface area (Å²) in [6.07, 6.45) is 0. The molecule has 0 aliphatic rings. The van der Waals surface area contributed by atoms with Crippen molar-refractivity contribution in [3.8, 4) is 45.3 Å². The molecule has 0 saturated heterocycles. The van der Waals surface area contributed by atoms with Crippen LogP contribution in [0.15, 0.2) is 188 Å². The summed E-state index contributed by atoms with van der Waals surface area (Å²) in [5.74, 6) is 0.334. The van der Waals surface area contributed by atoms with Gasteiger partial charge in [-0.15, -0.1) is 0 Å². The largest absolute Gasteiger partial charge is 0.309 e. The first-order valence-corrected chi connectivity index (χ1v) is 18.4. The topological polar surface area (TPSA) is 35.6 Å². The Kier molecular flexibility index (Phi) is 7.01. The molecule has 4 nitrogen and oxygen atoms in total. The minimum atomic E-state index is -0.250. The Balaban J connectivity index is 1.13. The molecule has 3 aromatic heterocycles. The SMILES string of the molecule is Fc1ccc2cc(-c3cc(-c4ccccc4)nc(-n4c5ccccc5c5ccc(-c6ccc7c(c6)c6ccccc6n7-c6ccccc6)cc54)n3)ccc2c1. The number of nitrogens with zero attached hydrogens (tertiary/aromatic N) is 4. The molecular weight excluding hydrogens is 676 g/mol. The summed E-state index contributed by atoms with van der Waals surface area (Å²) in [5.41, 5.74) is 11.3. The molecule has 0 spiro atoms. The maximum Gasteiger partial charge on any atom is 0.235 e. The van der Waals surface area contributed by atoms with E-state index in [-0.39, 0.29) is 5.82 Å². The first kappa shape index (κ1) is 31.2. The van der Waals surface area contributed by atoms with E-state index in [1.807, 2.05) is 42.5 Å². The van der Waals surface area contributed by atoms with Crippen molar-refractivity contribution >= 4 is 54.4 Å². The fraction of sp³-hybridized carbons (Fsp3) is 0. The van der Waals surface area contributed by atoms with Crippen molar-refractivity contribution in [3.05, 3.63) is 194 Å². The second kappa shape index (κ2) is 12.4. The fourth-order valence-corrected chi connectivity index (χ4v) is 8.19. The smallest absolute Gasteiger partial charge is 0.235 e. The van der Waals surface area contributed by atoms with E-state index in [1.54, 1.807) is 6.07 Å². The summed E-state index contributed by atoms with van der Waals surface area (Å²) in [6.45, 7) is 0. The molecule has 8 aromatic carbocycles. The van der Waals surface area contributed by atoms with Gasteiger partial charge in [0.05, 0.1) is 33.5 Å². The molecule has 0 amide bonds. The lowest BCUT2D eigenvalue weighted by Gasteiger charge is -2.13. The van der Waals surface area contributed by atoms with Crippen LogP contribution < -0.4 is 0 Å². The molecule has 11 rings (SSSR count). The second-order valence-corrected chi connectivity index (χ2v) is 14.0. The molecule has 0 unspecified atom stereocenters. The Morgan fingerprint density at radius 2 is 0.909 bits per heavy atom. The summed E-state index contributed by atoms with van der Waals surface area (Å²) in [5, 5.41) is 6.48. The van der Waals surface area contributed by atoms with Crippen LogP contribution in [0.2, 0.25) is 0 Å². The maximum atomic E-state index is 14.1.